The van der Waals surface area contributed by atoms with E-state index in [1.807, 2.05) is 19.1 Å². The molecule has 0 saturated carbocycles. The summed E-state index contributed by atoms with van der Waals surface area (Å²) in [5.41, 5.74) is 2.23. The molecule has 0 spiro atoms. The molecule has 1 aliphatic heterocycles. The summed E-state index contributed by atoms with van der Waals surface area (Å²) in [6.07, 6.45) is 0.157. The number of hydrogen-bond acceptors (Lipinski definition) is 4. The molecule has 142 valence electrons. The maximum atomic E-state index is 12.6. The summed E-state index contributed by atoms with van der Waals surface area (Å²) in [5, 5.41) is 3.44. The van der Waals surface area contributed by atoms with Crippen molar-refractivity contribution in [3.8, 4) is 11.5 Å². The van der Waals surface area contributed by atoms with Gasteiger partial charge in [0.05, 0.1) is 20.1 Å². The van der Waals surface area contributed by atoms with Crippen LogP contribution < -0.4 is 19.7 Å². The number of nitrogens with zero attached hydrogens (tertiary/aromatic N) is 1. The highest BCUT2D eigenvalue weighted by Crippen LogP contribution is 2.32. The first-order valence-corrected chi connectivity index (χ1v) is 8.90. The first kappa shape index (κ1) is 19.0. The van der Waals surface area contributed by atoms with Crippen LogP contribution in [-0.2, 0) is 9.59 Å². The number of halogens is 1. The fourth-order valence-electron chi connectivity index (χ4n) is 3.04. The van der Waals surface area contributed by atoms with Crippen LogP contribution in [0.15, 0.2) is 36.4 Å². The molecule has 6 nitrogen and oxygen atoms in total. The first-order chi connectivity index (χ1) is 12.9. The van der Waals surface area contributed by atoms with E-state index < -0.39 is 5.92 Å². The lowest BCUT2D eigenvalue weighted by Crippen LogP contribution is -2.28. The Bertz CT molecular complexity index is 884. The quantitative estimate of drug-likeness (QED) is 0.848. The van der Waals surface area contributed by atoms with Crippen LogP contribution in [0.3, 0.4) is 0 Å². The third kappa shape index (κ3) is 4.01. The van der Waals surface area contributed by atoms with E-state index in [9.17, 15) is 9.59 Å². The van der Waals surface area contributed by atoms with Crippen LogP contribution in [0.2, 0.25) is 5.02 Å². The van der Waals surface area contributed by atoms with Gasteiger partial charge in [0.2, 0.25) is 11.8 Å². The zero-order valence-electron chi connectivity index (χ0n) is 15.4. The van der Waals surface area contributed by atoms with Gasteiger partial charge in [0.25, 0.3) is 0 Å². The molecule has 1 N–H and O–H groups in total. The van der Waals surface area contributed by atoms with E-state index in [2.05, 4.69) is 5.32 Å². The Balaban J connectivity index is 1.71. The first-order valence-electron chi connectivity index (χ1n) is 8.52. The Morgan fingerprint density at radius 1 is 1.15 bits per heavy atom. The second-order valence-corrected chi connectivity index (χ2v) is 6.81. The van der Waals surface area contributed by atoms with Crippen LogP contribution >= 0.6 is 11.6 Å². The summed E-state index contributed by atoms with van der Waals surface area (Å²) in [7, 11) is 3.08. The summed E-state index contributed by atoms with van der Waals surface area (Å²) in [5.74, 6) is 0.354. The molecule has 1 fully saturated rings. The number of anilines is 2. The molecular weight excluding hydrogens is 368 g/mol. The Morgan fingerprint density at radius 2 is 1.89 bits per heavy atom. The van der Waals surface area contributed by atoms with Gasteiger partial charge >= 0.3 is 0 Å². The molecule has 1 aliphatic rings. The van der Waals surface area contributed by atoms with Gasteiger partial charge in [0, 0.05) is 35.4 Å². The molecule has 2 amide bonds. The van der Waals surface area contributed by atoms with Crippen molar-refractivity contribution in [2.45, 2.75) is 13.3 Å². The number of nitrogens with one attached hydrogen (secondary N) is 1. The van der Waals surface area contributed by atoms with Gasteiger partial charge in [-0.25, -0.2) is 0 Å². The molecule has 0 aliphatic carbocycles. The van der Waals surface area contributed by atoms with Crippen LogP contribution in [0, 0.1) is 12.8 Å². The van der Waals surface area contributed by atoms with Crippen molar-refractivity contribution in [1.82, 2.24) is 0 Å². The van der Waals surface area contributed by atoms with Crippen LogP contribution in [0.1, 0.15) is 12.0 Å². The lowest BCUT2D eigenvalue weighted by molar-refractivity contribution is -0.122. The van der Waals surface area contributed by atoms with Crippen LogP contribution in [-0.4, -0.2) is 32.6 Å². The number of carbonyl (C=O) groups is 2. The maximum absolute atomic E-state index is 12.6. The smallest absolute Gasteiger partial charge is 0.229 e. The van der Waals surface area contributed by atoms with E-state index in [0.29, 0.717) is 34.4 Å². The van der Waals surface area contributed by atoms with Gasteiger partial charge in [-0.15, -0.1) is 0 Å². The van der Waals surface area contributed by atoms with Crippen LogP contribution in [0.25, 0.3) is 0 Å². The van der Waals surface area contributed by atoms with Gasteiger partial charge in [-0.1, -0.05) is 17.7 Å². The Kier molecular flexibility index (Phi) is 5.56. The molecule has 1 heterocycles. The number of ether oxygens (including phenoxy) is 2. The maximum Gasteiger partial charge on any atom is 0.229 e. The fourth-order valence-corrected chi connectivity index (χ4v) is 3.22. The lowest BCUT2D eigenvalue weighted by atomic mass is 10.1. The van der Waals surface area contributed by atoms with E-state index >= 15 is 0 Å². The molecule has 1 unspecified atom stereocenters. The van der Waals surface area contributed by atoms with Crippen molar-refractivity contribution >= 4 is 34.8 Å². The average Bonchev–Trinajstić information content (AvgIpc) is 3.05. The fraction of sp³-hybridized carbons (Fsp3) is 0.300. The summed E-state index contributed by atoms with van der Waals surface area (Å²) in [4.78, 5) is 26.6. The Morgan fingerprint density at radius 3 is 2.56 bits per heavy atom. The molecule has 7 heteroatoms. The monoisotopic (exact) mass is 388 g/mol. The third-order valence-corrected chi connectivity index (χ3v) is 5.02. The Labute approximate surface area is 163 Å². The predicted molar refractivity (Wildman–Crippen MR) is 105 cm³/mol. The van der Waals surface area contributed by atoms with E-state index in [-0.39, 0.29) is 18.2 Å². The highest BCUT2D eigenvalue weighted by Gasteiger charge is 2.35. The topological polar surface area (TPSA) is 67.9 Å². The van der Waals surface area contributed by atoms with E-state index in [0.717, 1.165) is 5.56 Å². The number of aryl methyl sites for hydroxylation is 1. The zero-order chi connectivity index (χ0) is 19.6. The van der Waals surface area contributed by atoms with E-state index in [1.54, 1.807) is 36.3 Å². The molecule has 2 aromatic carbocycles. The standard InChI is InChI=1S/C20H21ClN2O4/c1-12-4-6-15(10-16(12)21)23-11-13(8-19(23)24)20(25)22-14-5-7-17(26-2)18(9-14)27-3/h4-7,9-10,13H,8,11H2,1-3H3,(H,22,25). The largest absolute Gasteiger partial charge is 0.493 e. The normalized spacial score (nSPS) is 16.4. The highest BCUT2D eigenvalue weighted by molar-refractivity contribution is 6.31. The van der Waals surface area contributed by atoms with Crippen molar-refractivity contribution in [2.24, 2.45) is 5.92 Å². The van der Waals surface area contributed by atoms with Crippen molar-refractivity contribution in [3.63, 3.8) is 0 Å². The van der Waals surface area contributed by atoms with Gasteiger partial charge in [-0.3, -0.25) is 9.59 Å². The minimum Gasteiger partial charge on any atom is -0.493 e. The number of rotatable bonds is 5. The second-order valence-electron chi connectivity index (χ2n) is 6.40. The molecule has 0 bridgehead atoms. The summed E-state index contributed by atoms with van der Waals surface area (Å²) < 4.78 is 10.4. The van der Waals surface area contributed by atoms with Crippen LogP contribution in [0.4, 0.5) is 11.4 Å². The SMILES string of the molecule is COc1ccc(NC(=O)C2CC(=O)N(c3ccc(C)c(Cl)c3)C2)cc1OC. The minimum absolute atomic E-state index is 0.0950. The number of carbonyl (C=O) groups excluding carboxylic acids is 2. The molecular formula is C20H21ClN2O4. The average molecular weight is 389 g/mol. The second kappa shape index (κ2) is 7.88. The van der Waals surface area contributed by atoms with E-state index in [4.69, 9.17) is 21.1 Å². The lowest BCUT2D eigenvalue weighted by Gasteiger charge is -2.17. The molecule has 2 aromatic rings. The summed E-state index contributed by atoms with van der Waals surface area (Å²) in [6.45, 7) is 2.22. The van der Waals surface area contributed by atoms with Crippen molar-refractivity contribution in [3.05, 3.63) is 47.0 Å². The van der Waals surface area contributed by atoms with Crippen molar-refractivity contribution < 1.29 is 19.1 Å². The zero-order valence-corrected chi connectivity index (χ0v) is 16.2. The van der Waals surface area contributed by atoms with Crippen LogP contribution in [0.5, 0.6) is 11.5 Å². The third-order valence-electron chi connectivity index (χ3n) is 4.61. The molecule has 0 aromatic heterocycles. The number of amides is 2. The molecule has 1 atom stereocenters. The van der Waals surface area contributed by atoms with Gasteiger partial charge < -0.3 is 19.7 Å². The Hall–Kier alpha value is -2.73. The summed E-state index contributed by atoms with van der Waals surface area (Å²) >= 11 is 6.16. The minimum atomic E-state index is -0.439. The number of methoxy groups -OCH3 is 2. The van der Waals surface area contributed by atoms with Crippen molar-refractivity contribution in [1.29, 1.82) is 0 Å². The number of benzene rings is 2. The summed E-state index contributed by atoms with van der Waals surface area (Å²) in [6, 6.07) is 10.6. The van der Waals surface area contributed by atoms with Gasteiger partial charge in [-0.05, 0) is 36.8 Å². The predicted octanol–water partition coefficient (Wildman–Crippen LogP) is 3.66. The van der Waals surface area contributed by atoms with E-state index in [1.165, 1.54) is 7.11 Å². The van der Waals surface area contributed by atoms with Gasteiger partial charge in [0.15, 0.2) is 11.5 Å². The molecule has 0 radical (unpaired) electrons. The van der Waals surface area contributed by atoms with Gasteiger partial charge in [0.1, 0.15) is 0 Å². The molecule has 3 rings (SSSR count). The number of hydrogen-bond donors (Lipinski definition) is 1. The van der Waals surface area contributed by atoms with Crippen molar-refractivity contribution in [2.75, 3.05) is 31.0 Å². The highest BCUT2D eigenvalue weighted by atomic mass is 35.5. The molecule has 1 saturated heterocycles. The van der Waals surface area contributed by atoms with Gasteiger partial charge in [-0.2, -0.15) is 0 Å². The molecule has 27 heavy (non-hydrogen) atoms.